The first-order chi connectivity index (χ1) is 19.1. The Morgan fingerprint density at radius 2 is 1.59 bits per heavy atom. The second kappa shape index (κ2) is 12.4. The number of imidazole rings is 1. The first-order valence-electron chi connectivity index (χ1n) is 13.6. The molecule has 1 aromatic heterocycles. The van der Waals surface area contributed by atoms with Gasteiger partial charge in [0.05, 0.1) is 24.0 Å². The van der Waals surface area contributed by atoms with Gasteiger partial charge in [0.25, 0.3) is 0 Å². The SMILES string of the molecule is Cc1cccc(OCCn2c(CCCNC(=O)Cc3ccc(-c4ccccc4)cc3)nc3ccccc32)c1C. The lowest BCUT2D eigenvalue weighted by atomic mass is 10.0. The summed E-state index contributed by atoms with van der Waals surface area (Å²) >= 11 is 0. The highest BCUT2D eigenvalue weighted by Gasteiger charge is 2.12. The minimum absolute atomic E-state index is 0.0397. The second-order valence-corrected chi connectivity index (χ2v) is 9.91. The molecule has 39 heavy (non-hydrogen) atoms. The van der Waals surface area contributed by atoms with Crippen molar-refractivity contribution in [1.29, 1.82) is 0 Å². The molecular formula is C34H35N3O2. The summed E-state index contributed by atoms with van der Waals surface area (Å²) in [6.45, 7) is 6.09. The predicted molar refractivity (Wildman–Crippen MR) is 158 cm³/mol. The lowest BCUT2D eigenvalue weighted by Gasteiger charge is -2.13. The fourth-order valence-electron chi connectivity index (χ4n) is 4.86. The van der Waals surface area contributed by atoms with E-state index in [1.165, 1.54) is 16.7 Å². The van der Waals surface area contributed by atoms with Crippen LogP contribution in [0.5, 0.6) is 5.75 Å². The quantitative estimate of drug-likeness (QED) is 0.199. The fourth-order valence-corrected chi connectivity index (χ4v) is 4.86. The molecule has 5 aromatic rings. The molecule has 0 saturated heterocycles. The van der Waals surface area contributed by atoms with Gasteiger partial charge in [-0.3, -0.25) is 4.79 Å². The van der Waals surface area contributed by atoms with E-state index in [2.05, 4.69) is 60.1 Å². The van der Waals surface area contributed by atoms with Crippen LogP contribution in [0, 0.1) is 13.8 Å². The van der Waals surface area contributed by atoms with Crippen LogP contribution in [-0.2, 0) is 24.2 Å². The normalized spacial score (nSPS) is 11.0. The van der Waals surface area contributed by atoms with Crippen LogP contribution in [0.15, 0.2) is 97.1 Å². The van der Waals surface area contributed by atoms with Crippen LogP contribution in [0.1, 0.15) is 28.9 Å². The molecule has 0 fully saturated rings. The number of ether oxygens (including phenoxy) is 1. The van der Waals surface area contributed by atoms with Crippen molar-refractivity contribution in [2.24, 2.45) is 0 Å². The minimum Gasteiger partial charge on any atom is -0.491 e. The first kappa shape index (κ1) is 26.2. The Hall–Kier alpha value is -4.38. The van der Waals surface area contributed by atoms with Crippen molar-refractivity contribution in [3.05, 3.63) is 120 Å². The Balaban J connectivity index is 1.13. The molecule has 0 saturated carbocycles. The van der Waals surface area contributed by atoms with Crippen molar-refractivity contribution in [2.75, 3.05) is 13.2 Å². The van der Waals surface area contributed by atoms with Crippen LogP contribution < -0.4 is 10.1 Å². The number of nitrogens with one attached hydrogen (secondary N) is 1. The van der Waals surface area contributed by atoms with E-state index in [4.69, 9.17) is 9.72 Å². The number of amides is 1. The zero-order chi connectivity index (χ0) is 27.0. The van der Waals surface area contributed by atoms with Gasteiger partial charge < -0.3 is 14.6 Å². The van der Waals surface area contributed by atoms with E-state index in [1.807, 2.05) is 60.7 Å². The van der Waals surface area contributed by atoms with Gasteiger partial charge in [0.15, 0.2) is 0 Å². The van der Waals surface area contributed by atoms with E-state index in [-0.39, 0.29) is 5.91 Å². The number of benzene rings is 4. The molecule has 0 radical (unpaired) electrons. The van der Waals surface area contributed by atoms with Crippen LogP contribution in [0.3, 0.4) is 0 Å². The Labute approximate surface area is 230 Å². The maximum absolute atomic E-state index is 12.6. The van der Waals surface area contributed by atoms with E-state index in [9.17, 15) is 4.79 Å². The average Bonchev–Trinajstić information content (AvgIpc) is 3.31. The molecule has 5 nitrogen and oxygen atoms in total. The maximum Gasteiger partial charge on any atom is 0.224 e. The molecule has 0 aliphatic heterocycles. The lowest BCUT2D eigenvalue weighted by molar-refractivity contribution is -0.120. The number of para-hydroxylation sites is 2. The van der Waals surface area contributed by atoms with E-state index in [1.54, 1.807) is 0 Å². The summed E-state index contributed by atoms with van der Waals surface area (Å²) in [7, 11) is 0. The highest BCUT2D eigenvalue weighted by molar-refractivity contribution is 5.79. The number of hydrogen-bond donors (Lipinski definition) is 1. The largest absolute Gasteiger partial charge is 0.491 e. The number of aryl methyl sites for hydroxylation is 2. The Kier molecular flexibility index (Phi) is 8.37. The molecule has 4 aromatic carbocycles. The molecule has 0 unspecified atom stereocenters. The van der Waals surface area contributed by atoms with Gasteiger partial charge in [-0.25, -0.2) is 4.98 Å². The van der Waals surface area contributed by atoms with Crippen molar-refractivity contribution < 1.29 is 9.53 Å². The third-order valence-electron chi connectivity index (χ3n) is 7.19. The first-order valence-corrected chi connectivity index (χ1v) is 13.6. The summed E-state index contributed by atoms with van der Waals surface area (Å²) in [5.74, 6) is 1.99. The van der Waals surface area contributed by atoms with E-state index >= 15 is 0 Å². The van der Waals surface area contributed by atoms with Gasteiger partial charge in [-0.05, 0) is 66.3 Å². The van der Waals surface area contributed by atoms with Gasteiger partial charge in [-0.2, -0.15) is 0 Å². The van der Waals surface area contributed by atoms with Crippen LogP contribution in [0.2, 0.25) is 0 Å². The number of carbonyl (C=O) groups excluding carboxylic acids is 1. The van der Waals surface area contributed by atoms with Gasteiger partial charge in [-0.15, -0.1) is 0 Å². The fraction of sp³-hybridized carbons (Fsp3) is 0.235. The highest BCUT2D eigenvalue weighted by atomic mass is 16.5. The van der Waals surface area contributed by atoms with Gasteiger partial charge >= 0.3 is 0 Å². The monoisotopic (exact) mass is 517 g/mol. The van der Waals surface area contributed by atoms with Gasteiger partial charge in [0.2, 0.25) is 5.91 Å². The predicted octanol–water partition coefficient (Wildman–Crippen LogP) is 6.69. The Morgan fingerprint density at radius 3 is 2.41 bits per heavy atom. The number of nitrogens with zero attached hydrogens (tertiary/aromatic N) is 2. The molecule has 0 aliphatic rings. The van der Waals surface area contributed by atoms with Gasteiger partial charge in [0, 0.05) is 13.0 Å². The molecule has 5 rings (SSSR count). The Bertz CT molecular complexity index is 1540. The van der Waals surface area contributed by atoms with Gasteiger partial charge in [-0.1, -0.05) is 78.9 Å². The minimum atomic E-state index is 0.0397. The van der Waals surface area contributed by atoms with E-state index < -0.39 is 0 Å². The van der Waals surface area contributed by atoms with E-state index in [0.717, 1.165) is 46.6 Å². The van der Waals surface area contributed by atoms with Crippen molar-refractivity contribution in [3.8, 4) is 16.9 Å². The standard InChI is InChI=1S/C34H35N3O2/c1-25-10-8-15-32(26(25)2)39-23-22-37-31-14-7-6-13-30(31)36-33(37)16-9-21-35-34(38)24-27-17-19-29(20-18-27)28-11-4-3-5-12-28/h3-8,10-15,17-20H,9,16,21-24H2,1-2H3,(H,35,38). The molecular weight excluding hydrogens is 482 g/mol. The van der Waals surface area contributed by atoms with Gasteiger partial charge in [0.1, 0.15) is 18.2 Å². The summed E-state index contributed by atoms with van der Waals surface area (Å²) in [6, 6.07) is 32.8. The summed E-state index contributed by atoms with van der Waals surface area (Å²) in [5, 5.41) is 3.08. The number of carbonyl (C=O) groups is 1. The van der Waals surface area contributed by atoms with Crippen molar-refractivity contribution in [3.63, 3.8) is 0 Å². The smallest absolute Gasteiger partial charge is 0.224 e. The van der Waals surface area contributed by atoms with E-state index in [0.29, 0.717) is 26.1 Å². The summed E-state index contributed by atoms with van der Waals surface area (Å²) in [6.07, 6.45) is 1.98. The van der Waals surface area contributed by atoms with Crippen molar-refractivity contribution in [2.45, 2.75) is 39.7 Å². The summed E-state index contributed by atoms with van der Waals surface area (Å²) in [4.78, 5) is 17.4. The zero-order valence-corrected chi connectivity index (χ0v) is 22.7. The Morgan fingerprint density at radius 1 is 0.846 bits per heavy atom. The third kappa shape index (κ3) is 6.55. The lowest BCUT2D eigenvalue weighted by Crippen LogP contribution is -2.26. The summed E-state index contributed by atoms with van der Waals surface area (Å²) < 4.78 is 8.38. The van der Waals surface area contributed by atoms with Crippen LogP contribution in [0.4, 0.5) is 0 Å². The number of fused-ring (bicyclic) bond motifs is 1. The average molecular weight is 518 g/mol. The molecule has 0 spiro atoms. The van der Waals surface area contributed by atoms with Crippen molar-refractivity contribution >= 4 is 16.9 Å². The molecule has 198 valence electrons. The van der Waals surface area contributed by atoms with Crippen molar-refractivity contribution in [1.82, 2.24) is 14.9 Å². The molecule has 0 aliphatic carbocycles. The van der Waals surface area contributed by atoms with Crippen LogP contribution in [-0.4, -0.2) is 28.6 Å². The van der Waals surface area contributed by atoms with Crippen LogP contribution >= 0.6 is 0 Å². The molecule has 5 heteroatoms. The highest BCUT2D eigenvalue weighted by Crippen LogP contribution is 2.22. The molecule has 0 bridgehead atoms. The molecule has 0 atom stereocenters. The molecule has 1 heterocycles. The number of aromatic nitrogens is 2. The third-order valence-corrected chi connectivity index (χ3v) is 7.19. The number of hydrogen-bond acceptors (Lipinski definition) is 3. The van der Waals surface area contributed by atoms with Crippen LogP contribution in [0.25, 0.3) is 22.2 Å². The second-order valence-electron chi connectivity index (χ2n) is 9.91. The zero-order valence-electron chi connectivity index (χ0n) is 22.7. The number of rotatable bonds is 11. The maximum atomic E-state index is 12.6. The molecule has 1 N–H and O–H groups in total. The summed E-state index contributed by atoms with van der Waals surface area (Å²) in [5.41, 5.74) is 7.85. The topological polar surface area (TPSA) is 56.1 Å². The molecule has 1 amide bonds.